The van der Waals surface area contributed by atoms with Crippen LogP contribution >= 0.6 is 11.3 Å². The van der Waals surface area contributed by atoms with E-state index in [0.29, 0.717) is 6.42 Å². The topological polar surface area (TPSA) is 80.3 Å². The summed E-state index contributed by atoms with van der Waals surface area (Å²) in [7, 11) is 1.42. The lowest BCUT2D eigenvalue weighted by atomic mass is 9.88. The van der Waals surface area contributed by atoms with Crippen molar-refractivity contribution >= 4 is 29.0 Å². The van der Waals surface area contributed by atoms with Gasteiger partial charge in [-0.15, -0.1) is 11.3 Å². The van der Waals surface area contributed by atoms with Crippen LogP contribution in [0.25, 0.3) is 10.4 Å². The lowest BCUT2D eigenvalue weighted by molar-refractivity contribution is -0.151. The number of rotatable bonds is 7. The second-order valence-corrected chi connectivity index (χ2v) is 10.2. The maximum absolute atomic E-state index is 12.4. The summed E-state index contributed by atoms with van der Waals surface area (Å²) in [6, 6.07) is 16.0. The summed E-state index contributed by atoms with van der Waals surface area (Å²) in [6.45, 7) is 3.78. The fourth-order valence-electron chi connectivity index (χ4n) is 4.09. The van der Waals surface area contributed by atoms with Gasteiger partial charge < -0.3 is 15.4 Å². The Morgan fingerprint density at radius 1 is 1.09 bits per heavy atom. The zero-order valence-corrected chi connectivity index (χ0v) is 20.0. The number of nitrogens with one attached hydrogen (secondary N) is 2. The van der Waals surface area contributed by atoms with Crippen LogP contribution in [0.2, 0.25) is 0 Å². The van der Waals surface area contributed by atoms with Gasteiger partial charge in [0.25, 0.3) is 0 Å². The quantitative estimate of drug-likeness (QED) is 0.470. The number of benzene rings is 2. The third kappa shape index (κ3) is 5.60. The van der Waals surface area contributed by atoms with E-state index in [9.17, 15) is 9.59 Å². The molecule has 2 amide bonds. The number of methoxy groups -OCH3 is 1. The molecule has 33 heavy (non-hydrogen) atoms. The van der Waals surface area contributed by atoms with Crippen molar-refractivity contribution in [3.63, 3.8) is 0 Å². The number of aryl methyl sites for hydroxylation is 1. The Hall–Kier alpha value is -3.19. The molecule has 0 aliphatic heterocycles. The molecule has 0 fully saturated rings. The van der Waals surface area contributed by atoms with E-state index in [1.165, 1.54) is 18.2 Å². The van der Waals surface area contributed by atoms with Crippen LogP contribution in [0.5, 0.6) is 0 Å². The summed E-state index contributed by atoms with van der Waals surface area (Å²) in [5.74, 6) is -0.205. The summed E-state index contributed by atoms with van der Waals surface area (Å²) in [5, 5.41) is 6.98. The Kier molecular flexibility index (Phi) is 6.79. The molecule has 0 saturated heterocycles. The van der Waals surface area contributed by atoms with Crippen LogP contribution in [-0.4, -0.2) is 30.1 Å². The average molecular weight is 464 g/mol. The number of carbonyl (C=O) groups is 2. The van der Waals surface area contributed by atoms with Crippen LogP contribution < -0.4 is 10.6 Å². The third-order valence-corrected chi connectivity index (χ3v) is 7.18. The first-order valence-corrected chi connectivity index (χ1v) is 11.9. The maximum Gasteiger partial charge on any atom is 0.319 e. The zero-order chi connectivity index (χ0) is 23.4. The molecule has 0 unspecified atom stereocenters. The Morgan fingerprint density at radius 3 is 2.39 bits per heavy atom. The minimum atomic E-state index is -0.532. The number of aromatic nitrogens is 1. The molecule has 7 heteroatoms. The highest BCUT2D eigenvalue weighted by Gasteiger charge is 2.28. The monoisotopic (exact) mass is 463 g/mol. The number of nitrogens with zero attached hydrogens (tertiary/aromatic N) is 1. The van der Waals surface area contributed by atoms with Gasteiger partial charge in [-0.1, -0.05) is 36.4 Å². The van der Waals surface area contributed by atoms with Crippen LogP contribution in [0.4, 0.5) is 10.5 Å². The van der Waals surface area contributed by atoms with Crippen molar-refractivity contribution in [2.75, 3.05) is 12.4 Å². The summed E-state index contributed by atoms with van der Waals surface area (Å²) >= 11 is 1.62. The fourth-order valence-corrected chi connectivity index (χ4v) is 5.01. The molecule has 4 rings (SSSR count). The Morgan fingerprint density at radius 2 is 1.76 bits per heavy atom. The van der Waals surface area contributed by atoms with Gasteiger partial charge in [0.05, 0.1) is 22.4 Å². The van der Waals surface area contributed by atoms with Crippen LogP contribution in [0.15, 0.2) is 54.7 Å². The number of anilines is 1. The maximum atomic E-state index is 12.4. The number of hydrogen-bond donors (Lipinski definition) is 2. The standard InChI is InChI=1S/C26H29N3O3S/c1-26(2,24(30)32-3)13-12-23-27-16-22(33-23)17-8-10-20(11-9-17)28-25(31)29-21-14-18-6-4-5-7-19(18)15-21/h4-11,16,21H,12-15H2,1-3H3,(H2,28,29,31). The molecule has 0 spiro atoms. The highest BCUT2D eigenvalue weighted by Crippen LogP contribution is 2.30. The van der Waals surface area contributed by atoms with Gasteiger partial charge in [0.15, 0.2) is 0 Å². The highest BCUT2D eigenvalue weighted by molar-refractivity contribution is 7.15. The van der Waals surface area contributed by atoms with Crippen LogP contribution in [-0.2, 0) is 28.8 Å². The van der Waals surface area contributed by atoms with Gasteiger partial charge in [0, 0.05) is 24.3 Å². The lowest BCUT2D eigenvalue weighted by Crippen LogP contribution is -2.38. The van der Waals surface area contributed by atoms with Crippen LogP contribution in [0, 0.1) is 5.41 Å². The molecule has 172 valence electrons. The van der Waals surface area contributed by atoms with E-state index in [4.69, 9.17) is 4.74 Å². The van der Waals surface area contributed by atoms with Crippen molar-refractivity contribution in [3.8, 4) is 10.4 Å². The zero-order valence-electron chi connectivity index (χ0n) is 19.2. The largest absolute Gasteiger partial charge is 0.469 e. The molecular formula is C26H29N3O3S. The van der Waals surface area contributed by atoms with Crippen molar-refractivity contribution in [3.05, 3.63) is 70.9 Å². The van der Waals surface area contributed by atoms with Gasteiger partial charge in [0.2, 0.25) is 0 Å². The second kappa shape index (κ2) is 9.75. The number of hydrogen-bond acceptors (Lipinski definition) is 5. The van der Waals surface area contributed by atoms with E-state index in [2.05, 4.69) is 27.8 Å². The Labute approximate surface area is 198 Å². The Bertz CT molecular complexity index is 1110. The van der Waals surface area contributed by atoms with E-state index in [1.807, 2.05) is 56.4 Å². The Balaban J connectivity index is 1.30. The molecular weight excluding hydrogens is 434 g/mol. The fraction of sp³-hybridized carbons (Fsp3) is 0.346. The number of thiazole rings is 1. The average Bonchev–Trinajstić information content (AvgIpc) is 3.44. The summed E-state index contributed by atoms with van der Waals surface area (Å²) in [4.78, 5) is 29.9. The molecule has 0 atom stereocenters. The van der Waals surface area contributed by atoms with Crippen molar-refractivity contribution in [1.82, 2.24) is 10.3 Å². The van der Waals surface area contributed by atoms with Crippen molar-refractivity contribution < 1.29 is 14.3 Å². The number of amides is 2. The predicted molar refractivity (Wildman–Crippen MR) is 131 cm³/mol. The van der Waals surface area contributed by atoms with Gasteiger partial charge >= 0.3 is 12.0 Å². The van der Waals surface area contributed by atoms with Crippen LogP contribution in [0.3, 0.4) is 0 Å². The number of fused-ring (bicyclic) bond motifs is 1. The van der Waals surface area contributed by atoms with Gasteiger partial charge in [-0.25, -0.2) is 9.78 Å². The molecule has 0 bridgehead atoms. The molecule has 0 radical (unpaired) electrons. The first kappa shape index (κ1) is 23.0. The van der Waals surface area contributed by atoms with E-state index in [-0.39, 0.29) is 18.0 Å². The highest BCUT2D eigenvalue weighted by atomic mass is 32.1. The molecule has 1 heterocycles. The molecule has 2 aromatic carbocycles. The molecule has 1 aliphatic carbocycles. The van der Waals surface area contributed by atoms with E-state index in [0.717, 1.165) is 40.4 Å². The van der Waals surface area contributed by atoms with Crippen molar-refractivity contribution in [2.24, 2.45) is 5.41 Å². The van der Waals surface area contributed by atoms with E-state index < -0.39 is 5.41 Å². The smallest absolute Gasteiger partial charge is 0.319 e. The SMILES string of the molecule is COC(=O)C(C)(C)CCc1ncc(-c2ccc(NC(=O)NC3Cc4ccccc4C3)cc2)s1. The normalized spacial score (nSPS) is 13.4. The minimum Gasteiger partial charge on any atom is -0.469 e. The van der Waals surface area contributed by atoms with Crippen molar-refractivity contribution in [1.29, 1.82) is 0 Å². The molecule has 0 saturated carbocycles. The van der Waals surface area contributed by atoms with Gasteiger partial charge in [-0.3, -0.25) is 4.79 Å². The van der Waals surface area contributed by atoms with Crippen molar-refractivity contribution in [2.45, 2.75) is 45.6 Å². The summed E-state index contributed by atoms with van der Waals surface area (Å²) in [5.41, 5.74) is 3.88. The number of ether oxygens (including phenoxy) is 1. The predicted octanol–water partition coefficient (Wildman–Crippen LogP) is 5.23. The molecule has 2 N–H and O–H groups in total. The molecule has 1 aliphatic rings. The number of carbonyl (C=O) groups excluding carboxylic acids is 2. The molecule has 6 nitrogen and oxygen atoms in total. The first-order chi connectivity index (χ1) is 15.8. The summed E-state index contributed by atoms with van der Waals surface area (Å²) < 4.78 is 4.88. The van der Waals surface area contributed by atoms with Gasteiger partial charge in [-0.05, 0) is 61.9 Å². The van der Waals surface area contributed by atoms with Gasteiger partial charge in [0.1, 0.15) is 0 Å². The molecule has 1 aromatic heterocycles. The van der Waals surface area contributed by atoms with E-state index in [1.54, 1.807) is 11.3 Å². The first-order valence-electron chi connectivity index (χ1n) is 11.1. The minimum absolute atomic E-state index is 0.126. The molecule has 3 aromatic rings. The second-order valence-electron chi connectivity index (χ2n) is 9.04. The third-order valence-electron chi connectivity index (χ3n) is 6.07. The lowest BCUT2D eigenvalue weighted by Gasteiger charge is -2.20. The number of esters is 1. The summed E-state index contributed by atoms with van der Waals surface area (Å²) in [6.07, 6.45) is 4.99. The van der Waals surface area contributed by atoms with Crippen LogP contribution in [0.1, 0.15) is 36.4 Å². The van der Waals surface area contributed by atoms with E-state index >= 15 is 0 Å². The number of urea groups is 1. The van der Waals surface area contributed by atoms with Gasteiger partial charge in [-0.2, -0.15) is 0 Å².